The maximum Gasteiger partial charge on any atom is 0.342 e. The van der Waals surface area contributed by atoms with Crippen molar-refractivity contribution in [1.82, 2.24) is 0 Å². The van der Waals surface area contributed by atoms with Crippen molar-refractivity contribution in [3.63, 3.8) is 0 Å². The van der Waals surface area contributed by atoms with E-state index in [1.54, 1.807) is 24.3 Å². The number of ether oxygens (including phenoxy) is 3. The lowest BCUT2D eigenvalue weighted by molar-refractivity contribution is -0.137. The Morgan fingerprint density at radius 3 is 2.54 bits per heavy atom. The van der Waals surface area contributed by atoms with Gasteiger partial charge in [-0.15, -0.1) is 0 Å². The average Bonchev–Trinajstić information content (AvgIpc) is 2.66. The largest absolute Gasteiger partial charge is 0.493 e. The molecule has 1 aliphatic carbocycles. The monoisotopic (exact) mass is 362 g/mol. The lowest BCUT2D eigenvalue weighted by Crippen LogP contribution is -2.26. The van der Waals surface area contributed by atoms with Crippen molar-refractivity contribution in [2.75, 3.05) is 13.2 Å². The van der Waals surface area contributed by atoms with Gasteiger partial charge in [0.15, 0.2) is 0 Å². The van der Waals surface area contributed by atoms with Gasteiger partial charge in [-0.2, -0.15) is 0 Å². The Bertz CT molecular complexity index is 604. The van der Waals surface area contributed by atoms with E-state index in [4.69, 9.17) is 14.2 Å². The summed E-state index contributed by atoms with van der Waals surface area (Å²) in [5.41, 5.74) is 0.400. The molecule has 1 aromatic carbocycles. The Morgan fingerprint density at radius 2 is 1.81 bits per heavy atom. The van der Waals surface area contributed by atoms with Crippen LogP contribution in [0, 0.1) is 0 Å². The number of carbonyl (C=O) groups is 2. The maximum absolute atomic E-state index is 12.4. The van der Waals surface area contributed by atoms with Crippen LogP contribution in [-0.2, 0) is 14.3 Å². The molecule has 0 unspecified atom stereocenters. The summed E-state index contributed by atoms with van der Waals surface area (Å²) in [6.45, 7) is 4.05. The Balaban J connectivity index is 1.78. The molecule has 6 nitrogen and oxygen atoms in total. The molecule has 0 saturated heterocycles. The first-order valence-electron chi connectivity index (χ1n) is 9.00. The molecule has 0 bridgehead atoms. The fourth-order valence-corrected chi connectivity index (χ4v) is 2.76. The maximum atomic E-state index is 12.4. The second-order valence-corrected chi connectivity index (χ2v) is 6.26. The molecule has 142 valence electrons. The second kappa shape index (κ2) is 10.6. The van der Waals surface area contributed by atoms with Crippen molar-refractivity contribution >= 4 is 11.9 Å². The smallest absolute Gasteiger partial charge is 0.342 e. The van der Waals surface area contributed by atoms with Gasteiger partial charge in [0, 0.05) is 6.08 Å². The van der Waals surface area contributed by atoms with Crippen molar-refractivity contribution < 1.29 is 28.9 Å². The summed E-state index contributed by atoms with van der Waals surface area (Å²) in [5.74, 6) is -0.354. The van der Waals surface area contributed by atoms with Gasteiger partial charge in [-0.1, -0.05) is 18.7 Å². The lowest BCUT2D eigenvalue weighted by atomic mass is 9.95. The molecule has 0 amide bonds. The van der Waals surface area contributed by atoms with E-state index in [2.05, 4.69) is 6.58 Å². The van der Waals surface area contributed by atoms with Crippen LogP contribution in [0.4, 0.5) is 0 Å². The number of hydrogen-bond donors (Lipinski definition) is 1. The van der Waals surface area contributed by atoms with Gasteiger partial charge in [0.1, 0.15) is 17.4 Å². The fourth-order valence-electron chi connectivity index (χ4n) is 2.76. The molecule has 1 aromatic rings. The molecular formula is C20H26O6. The molecule has 1 aliphatic rings. The Hall–Kier alpha value is -2.34. The fraction of sp³-hybridized carbons (Fsp3) is 0.500. The number of esters is 2. The highest BCUT2D eigenvalue weighted by Crippen LogP contribution is 2.25. The van der Waals surface area contributed by atoms with Gasteiger partial charge in [-0.05, 0) is 50.7 Å². The molecule has 1 saturated carbocycles. The zero-order valence-corrected chi connectivity index (χ0v) is 14.9. The normalized spacial score (nSPS) is 19.4. The zero-order chi connectivity index (χ0) is 18.8. The van der Waals surface area contributed by atoms with Gasteiger partial charge in [-0.25, -0.2) is 9.59 Å². The van der Waals surface area contributed by atoms with E-state index in [1.165, 1.54) is 0 Å². The topological polar surface area (TPSA) is 82.1 Å². The molecule has 0 aliphatic heterocycles. The number of aliphatic hydroxyl groups is 1. The third kappa shape index (κ3) is 6.52. The molecule has 1 N–H and O–H groups in total. The molecule has 0 aromatic heterocycles. The van der Waals surface area contributed by atoms with Gasteiger partial charge < -0.3 is 19.3 Å². The van der Waals surface area contributed by atoms with E-state index in [0.29, 0.717) is 63.1 Å². The Kier molecular flexibility index (Phi) is 8.15. The lowest BCUT2D eigenvalue weighted by Gasteiger charge is -2.25. The van der Waals surface area contributed by atoms with Crippen LogP contribution in [0.15, 0.2) is 36.9 Å². The van der Waals surface area contributed by atoms with E-state index in [0.717, 1.165) is 6.08 Å². The number of hydrogen-bond acceptors (Lipinski definition) is 6. The molecule has 26 heavy (non-hydrogen) atoms. The number of rotatable bonds is 9. The summed E-state index contributed by atoms with van der Waals surface area (Å²) in [5, 5.41) is 9.53. The first-order chi connectivity index (χ1) is 12.6. The highest BCUT2D eigenvalue weighted by molar-refractivity contribution is 5.92. The summed E-state index contributed by atoms with van der Waals surface area (Å²) >= 11 is 0. The zero-order valence-electron chi connectivity index (χ0n) is 14.9. The van der Waals surface area contributed by atoms with E-state index >= 15 is 0 Å². The standard InChI is InChI=1S/C20H26O6/c1-2-19(22)25-14-6-5-13-24-18-8-4-3-7-17(18)20(23)26-16-11-9-15(21)10-12-16/h2-4,7-8,15-16,21H,1,5-6,9-14H2. The van der Waals surface area contributed by atoms with Gasteiger partial charge >= 0.3 is 11.9 Å². The Labute approximate surface area is 153 Å². The van der Waals surface area contributed by atoms with E-state index < -0.39 is 11.9 Å². The number of para-hydroxylation sites is 1. The van der Waals surface area contributed by atoms with Crippen LogP contribution in [0.3, 0.4) is 0 Å². The Morgan fingerprint density at radius 1 is 1.12 bits per heavy atom. The predicted octanol–water partition coefficient (Wildman–Crippen LogP) is 3.04. The van der Waals surface area contributed by atoms with Crippen LogP contribution in [0.2, 0.25) is 0 Å². The minimum atomic E-state index is -0.436. The van der Waals surface area contributed by atoms with Crippen LogP contribution in [0.25, 0.3) is 0 Å². The summed E-state index contributed by atoms with van der Waals surface area (Å²) < 4.78 is 16.1. The first-order valence-corrected chi connectivity index (χ1v) is 9.00. The molecule has 1 fully saturated rings. The van der Waals surface area contributed by atoms with Crippen LogP contribution in [0.5, 0.6) is 5.75 Å². The summed E-state index contributed by atoms with van der Waals surface area (Å²) in [6, 6.07) is 6.98. The van der Waals surface area contributed by atoms with Gasteiger partial charge in [0.25, 0.3) is 0 Å². The van der Waals surface area contributed by atoms with Gasteiger partial charge in [0.05, 0.1) is 19.3 Å². The summed E-state index contributed by atoms with van der Waals surface area (Å²) in [7, 11) is 0. The predicted molar refractivity (Wildman–Crippen MR) is 96.0 cm³/mol. The molecule has 2 rings (SSSR count). The highest BCUT2D eigenvalue weighted by atomic mass is 16.5. The third-order valence-corrected chi connectivity index (χ3v) is 4.23. The summed E-state index contributed by atoms with van der Waals surface area (Å²) in [4.78, 5) is 23.4. The molecule has 6 heteroatoms. The minimum Gasteiger partial charge on any atom is -0.493 e. The molecular weight excluding hydrogens is 336 g/mol. The number of benzene rings is 1. The van der Waals surface area contributed by atoms with Crippen LogP contribution in [-0.4, -0.2) is 42.5 Å². The van der Waals surface area contributed by atoms with Crippen molar-refractivity contribution in [3.8, 4) is 5.75 Å². The average molecular weight is 362 g/mol. The van der Waals surface area contributed by atoms with Crippen molar-refractivity contribution in [2.45, 2.75) is 50.7 Å². The van der Waals surface area contributed by atoms with Crippen LogP contribution >= 0.6 is 0 Å². The second-order valence-electron chi connectivity index (χ2n) is 6.26. The highest BCUT2D eigenvalue weighted by Gasteiger charge is 2.24. The van der Waals surface area contributed by atoms with Crippen molar-refractivity contribution in [3.05, 3.63) is 42.5 Å². The van der Waals surface area contributed by atoms with Crippen LogP contribution in [0.1, 0.15) is 48.9 Å². The van der Waals surface area contributed by atoms with E-state index in [-0.39, 0.29) is 12.2 Å². The molecule has 0 radical (unpaired) electrons. The third-order valence-electron chi connectivity index (χ3n) is 4.23. The van der Waals surface area contributed by atoms with Crippen molar-refractivity contribution in [2.24, 2.45) is 0 Å². The van der Waals surface area contributed by atoms with Crippen molar-refractivity contribution in [1.29, 1.82) is 0 Å². The van der Waals surface area contributed by atoms with E-state index in [1.807, 2.05) is 0 Å². The number of aliphatic hydroxyl groups excluding tert-OH is 1. The van der Waals surface area contributed by atoms with Gasteiger partial charge in [-0.3, -0.25) is 0 Å². The SMILES string of the molecule is C=CC(=O)OCCCCOc1ccccc1C(=O)OC1CCC(O)CC1. The molecule has 0 spiro atoms. The quantitative estimate of drug-likeness (QED) is 0.413. The van der Waals surface area contributed by atoms with Crippen LogP contribution < -0.4 is 4.74 Å². The molecule has 0 atom stereocenters. The molecule has 0 heterocycles. The number of carbonyl (C=O) groups excluding carboxylic acids is 2. The number of unbranched alkanes of at least 4 members (excludes halogenated alkanes) is 1. The van der Waals surface area contributed by atoms with E-state index in [9.17, 15) is 14.7 Å². The minimum absolute atomic E-state index is 0.154. The van der Waals surface area contributed by atoms with Gasteiger partial charge in [0.2, 0.25) is 0 Å². The summed E-state index contributed by atoms with van der Waals surface area (Å²) in [6.07, 6.45) is 4.72. The first kappa shape index (κ1) is 20.0.